The zero-order valence-electron chi connectivity index (χ0n) is 12.8. The fourth-order valence-corrected chi connectivity index (χ4v) is 2.82. The van der Waals surface area contributed by atoms with Gasteiger partial charge < -0.3 is 10.1 Å². The molecule has 0 radical (unpaired) electrons. The molecule has 1 aliphatic heterocycles. The first kappa shape index (κ1) is 16.2. The van der Waals surface area contributed by atoms with Gasteiger partial charge in [0, 0.05) is 18.8 Å². The second-order valence-corrected chi connectivity index (χ2v) is 6.41. The number of nitrogens with zero attached hydrogens (tertiary/aromatic N) is 1. The van der Waals surface area contributed by atoms with Crippen molar-refractivity contribution in [3.63, 3.8) is 0 Å². The molecule has 4 nitrogen and oxygen atoms in total. The molecule has 116 valence electrons. The van der Waals surface area contributed by atoms with E-state index in [1.807, 2.05) is 30.5 Å². The minimum Gasteiger partial charge on any atom is -0.492 e. The third-order valence-corrected chi connectivity index (χ3v) is 4.15. The molecular weight excluding hydrogens is 284 g/mol. The van der Waals surface area contributed by atoms with E-state index in [1.165, 1.54) is 31.3 Å². The highest BCUT2D eigenvalue weighted by atomic mass is 32.2. The molecule has 0 saturated carbocycles. The lowest BCUT2D eigenvalue weighted by Crippen LogP contribution is -2.25. The lowest BCUT2D eigenvalue weighted by Gasteiger charge is -2.15. The lowest BCUT2D eigenvalue weighted by molar-refractivity contribution is -0.113. The summed E-state index contributed by atoms with van der Waals surface area (Å²) in [4.78, 5) is 13.9. The van der Waals surface area contributed by atoms with Crippen LogP contribution in [-0.4, -0.2) is 49.1 Å². The number of amides is 1. The molecule has 1 fully saturated rings. The van der Waals surface area contributed by atoms with Gasteiger partial charge in [-0.15, -0.1) is 0 Å². The molecule has 0 aliphatic carbocycles. The van der Waals surface area contributed by atoms with Gasteiger partial charge in [0.25, 0.3) is 0 Å². The van der Waals surface area contributed by atoms with Crippen LogP contribution >= 0.6 is 11.8 Å². The van der Waals surface area contributed by atoms with Gasteiger partial charge in [0.1, 0.15) is 12.4 Å². The maximum absolute atomic E-state index is 11.5. The molecule has 21 heavy (non-hydrogen) atoms. The van der Waals surface area contributed by atoms with Crippen molar-refractivity contribution in [1.82, 2.24) is 4.90 Å². The number of carbonyl (C=O) groups excluding carboxylic acids is 1. The fourth-order valence-electron chi connectivity index (χ4n) is 2.48. The van der Waals surface area contributed by atoms with Crippen molar-refractivity contribution in [3.05, 3.63) is 24.3 Å². The smallest absolute Gasteiger partial charge is 0.234 e. The van der Waals surface area contributed by atoms with Crippen molar-refractivity contribution < 1.29 is 9.53 Å². The third-order valence-electron chi connectivity index (χ3n) is 3.60. The SMILES string of the molecule is CSCC(=O)Nc1ccc(OCCN2CC[C@H](C)C2)cc1. The monoisotopic (exact) mass is 308 g/mol. The van der Waals surface area contributed by atoms with E-state index in [4.69, 9.17) is 4.74 Å². The Bertz CT molecular complexity index is 450. The minimum absolute atomic E-state index is 0.0271. The van der Waals surface area contributed by atoms with Crippen LogP contribution in [0.4, 0.5) is 5.69 Å². The Balaban J connectivity index is 1.71. The average Bonchev–Trinajstić information content (AvgIpc) is 2.87. The summed E-state index contributed by atoms with van der Waals surface area (Å²) in [5.41, 5.74) is 0.815. The van der Waals surface area contributed by atoms with Crippen molar-refractivity contribution in [2.45, 2.75) is 13.3 Å². The molecule has 2 rings (SSSR count). The van der Waals surface area contributed by atoms with Crippen LogP contribution in [0.25, 0.3) is 0 Å². The van der Waals surface area contributed by atoms with Crippen molar-refractivity contribution in [2.24, 2.45) is 5.92 Å². The molecule has 1 heterocycles. The van der Waals surface area contributed by atoms with Crippen LogP contribution in [0.1, 0.15) is 13.3 Å². The highest BCUT2D eigenvalue weighted by Crippen LogP contribution is 2.17. The summed E-state index contributed by atoms with van der Waals surface area (Å²) in [5, 5.41) is 2.85. The second kappa shape index (κ2) is 8.29. The van der Waals surface area contributed by atoms with E-state index in [0.717, 1.165) is 23.9 Å². The van der Waals surface area contributed by atoms with E-state index < -0.39 is 0 Å². The molecule has 1 amide bonds. The van der Waals surface area contributed by atoms with Crippen molar-refractivity contribution >= 4 is 23.4 Å². The van der Waals surface area contributed by atoms with E-state index in [2.05, 4.69) is 17.1 Å². The van der Waals surface area contributed by atoms with Crippen molar-refractivity contribution in [2.75, 3.05) is 43.6 Å². The Kier molecular flexibility index (Phi) is 6.39. The van der Waals surface area contributed by atoms with E-state index >= 15 is 0 Å². The largest absolute Gasteiger partial charge is 0.492 e. The molecule has 0 bridgehead atoms. The van der Waals surface area contributed by atoms with Gasteiger partial charge in [0.05, 0.1) is 5.75 Å². The highest BCUT2D eigenvalue weighted by Gasteiger charge is 2.17. The summed E-state index contributed by atoms with van der Waals surface area (Å²) < 4.78 is 5.75. The first-order chi connectivity index (χ1) is 10.2. The van der Waals surface area contributed by atoms with Crippen LogP contribution in [0.5, 0.6) is 5.75 Å². The van der Waals surface area contributed by atoms with Crippen LogP contribution in [0.2, 0.25) is 0 Å². The number of nitrogens with one attached hydrogen (secondary N) is 1. The normalized spacial score (nSPS) is 18.7. The maximum atomic E-state index is 11.5. The average molecular weight is 308 g/mol. The number of thioether (sulfide) groups is 1. The molecule has 1 saturated heterocycles. The summed E-state index contributed by atoms with van der Waals surface area (Å²) >= 11 is 1.51. The first-order valence-electron chi connectivity index (χ1n) is 7.41. The lowest BCUT2D eigenvalue weighted by atomic mass is 10.2. The van der Waals surface area contributed by atoms with E-state index in [1.54, 1.807) is 0 Å². The van der Waals surface area contributed by atoms with Gasteiger partial charge >= 0.3 is 0 Å². The number of anilines is 1. The molecule has 5 heteroatoms. The van der Waals surface area contributed by atoms with Gasteiger partial charge in [-0.25, -0.2) is 0 Å². The van der Waals surface area contributed by atoms with Gasteiger partial charge in [-0.2, -0.15) is 11.8 Å². The zero-order valence-corrected chi connectivity index (χ0v) is 13.6. The summed E-state index contributed by atoms with van der Waals surface area (Å²) in [5.74, 6) is 2.17. The third kappa shape index (κ3) is 5.59. The molecule has 1 N–H and O–H groups in total. The molecule has 1 atom stereocenters. The maximum Gasteiger partial charge on any atom is 0.234 e. The van der Waals surface area contributed by atoms with Crippen molar-refractivity contribution in [3.8, 4) is 5.75 Å². The Morgan fingerprint density at radius 3 is 2.81 bits per heavy atom. The Hall–Kier alpha value is -1.20. The topological polar surface area (TPSA) is 41.6 Å². The number of carbonyl (C=O) groups is 1. The van der Waals surface area contributed by atoms with Gasteiger partial charge in [-0.1, -0.05) is 6.92 Å². The quantitative estimate of drug-likeness (QED) is 0.841. The van der Waals surface area contributed by atoms with E-state index in [-0.39, 0.29) is 5.91 Å². The van der Waals surface area contributed by atoms with Crippen LogP contribution in [-0.2, 0) is 4.79 Å². The Morgan fingerprint density at radius 1 is 1.43 bits per heavy atom. The Labute approximate surface area is 131 Å². The predicted molar refractivity (Wildman–Crippen MR) is 89.2 cm³/mol. The fraction of sp³-hybridized carbons (Fsp3) is 0.562. The van der Waals surface area contributed by atoms with Crippen LogP contribution in [0.15, 0.2) is 24.3 Å². The number of rotatable bonds is 7. The minimum atomic E-state index is 0.0271. The van der Waals surface area contributed by atoms with Crippen LogP contribution in [0, 0.1) is 5.92 Å². The molecule has 1 aliphatic rings. The Morgan fingerprint density at radius 2 is 2.19 bits per heavy atom. The van der Waals surface area contributed by atoms with E-state index in [9.17, 15) is 4.79 Å². The number of benzene rings is 1. The predicted octanol–water partition coefficient (Wildman–Crippen LogP) is 2.71. The zero-order chi connectivity index (χ0) is 15.1. The van der Waals surface area contributed by atoms with Gasteiger partial charge in [0.15, 0.2) is 0 Å². The van der Waals surface area contributed by atoms with Gasteiger partial charge in [-0.3, -0.25) is 9.69 Å². The number of ether oxygens (including phenoxy) is 1. The molecule has 1 aromatic carbocycles. The molecule has 0 unspecified atom stereocenters. The van der Waals surface area contributed by atoms with Crippen molar-refractivity contribution in [1.29, 1.82) is 0 Å². The van der Waals surface area contributed by atoms with Crippen LogP contribution in [0.3, 0.4) is 0 Å². The van der Waals surface area contributed by atoms with Gasteiger partial charge in [-0.05, 0) is 49.4 Å². The summed E-state index contributed by atoms with van der Waals surface area (Å²) in [6, 6.07) is 7.57. The molecule has 1 aromatic rings. The highest BCUT2D eigenvalue weighted by molar-refractivity contribution is 7.99. The summed E-state index contributed by atoms with van der Waals surface area (Å²) in [7, 11) is 0. The molecule has 0 aromatic heterocycles. The number of likely N-dealkylation sites (tertiary alicyclic amines) is 1. The molecular formula is C16H24N2O2S. The summed E-state index contributed by atoms with van der Waals surface area (Å²) in [6.07, 6.45) is 3.21. The van der Waals surface area contributed by atoms with Gasteiger partial charge in [0.2, 0.25) is 5.91 Å². The number of hydrogen-bond donors (Lipinski definition) is 1. The summed E-state index contributed by atoms with van der Waals surface area (Å²) in [6.45, 7) is 6.36. The molecule has 0 spiro atoms. The second-order valence-electron chi connectivity index (χ2n) is 5.55. The standard InChI is InChI=1S/C16H24N2O2S/c1-13-7-8-18(11-13)9-10-20-15-5-3-14(4-6-15)17-16(19)12-21-2/h3-6,13H,7-12H2,1-2H3,(H,17,19)/t13-/m0/s1. The van der Waals surface area contributed by atoms with E-state index in [0.29, 0.717) is 12.4 Å². The number of hydrogen-bond acceptors (Lipinski definition) is 4. The first-order valence-corrected chi connectivity index (χ1v) is 8.81. The van der Waals surface area contributed by atoms with Crippen LogP contribution < -0.4 is 10.1 Å².